The minimum absolute atomic E-state index is 0.104. The Kier molecular flexibility index (Phi) is 7.80. The van der Waals surface area contributed by atoms with E-state index < -0.39 is 6.10 Å². The molecule has 3 atom stereocenters. The van der Waals surface area contributed by atoms with E-state index in [4.69, 9.17) is 4.74 Å². The first kappa shape index (κ1) is 24.9. The first-order valence-corrected chi connectivity index (χ1v) is 12.3. The fourth-order valence-corrected chi connectivity index (χ4v) is 4.66. The number of fused-ring (bicyclic) bond motifs is 1. The highest BCUT2D eigenvalue weighted by molar-refractivity contribution is 5.97. The van der Waals surface area contributed by atoms with Crippen molar-refractivity contribution in [1.29, 1.82) is 0 Å². The lowest BCUT2D eigenvalue weighted by atomic mass is 9.93. The van der Waals surface area contributed by atoms with Crippen molar-refractivity contribution in [1.82, 2.24) is 19.8 Å². The third kappa shape index (κ3) is 5.53. The molecule has 0 aromatic carbocycles. The molecule has 0 spiro atoms. The monoisotopic (exact) mass is 478 g/mol. The van der Waals surface area contributed by atoms with Gasteiger partial charge in [0, 0.05) is 38.1 Å². The Hall–Kier alpha value is -3.26. The normalized spacial score (nSPS) is 21.2. The van der Waals surface area contributed by atoms with Gasteiger partial charge in [-0.15, -0.1) is 0 Å². The van der Waals surface area contributed by atoms with E-state index in [2.05, 4.69) is 16.0 Å². The van der Waals surface area contributed by atoms with Crippen molar-refractivity contribution in [3.63, 3.8) is 0 Å². The van der Waals surface area contributed by atoms with Gasteiger partial charge >= 0.3 is 0 Å². The number of allylic oxidation sites excluding steroid dienone is 2. The van der Waals surface area contributed by atoms with Crippen LogP contribution in [0.15, 0.2) is 42.9 Å². The molecule has 0 bridgehead atoms. The third-order valence-electron chi connectivity index (χ3n) is 6.89. The van der Waals surface area contributed by atoms with E-state index in [1.54, 1.807) is 47.6 Å². The van der Waals surface area contributed by atoms with Gasteiger partial charge in [0.2, 0.25) is 5.88 Å². The molecule has 2 aromatic heterocycles. The summed E-state index contributed by atoms with van der Waals surface area (Å²) in [4.78, 5) is 38.4. The molecule has 1 N–H and O–H groups in total. The third-order valence-corrected chi connectivity index (χ3v) is 6.89. The number of rotatable bonds is 6. The molecule has 4 rings (SSSR count). The van der Waals surface area contributed by atoms with Gasteiger partial charge in [-0.1, -0.05) is 13.0 Å². The van der Waals surface area contributed by atoms with E-state index in [0.717, 1.165) is 24.8 Å². The quantitative estimate of drug-likeness (QED) is 0.684. The second-order valence-electron chi connectivity index (χ2n) is 9.60. The summed E-state index contributed by atoms with van der Waals surface area (Å²) in [5, 5.41) is 9.86. The van der Waals surface area contributed by atoms with E-state index in [9.17, 15) is 14.7 Å². The molecule has 0 saturated heterocycles. The van der Waals surface area contributed by atoms with Crippen molar-refractivity contribution in [2.24, 2.45) is 5.92 Å². The van der Waals surface area contributed by atoms with Gasteiger partial charge in [-0.3, -0.25) is 14.6 Å². The molecule has 0 fully saturated rings. The lowest BCUT2D eigenvalue weighted by molar-refractivity contribution is 0.0313. The van der Waals surface area contributed by atoms with Gasteiger partial charge in [-0.2, -0.15) is 0 Å². The number of aromatic nitrogens is 2. The number of nitrogens with zero attached hydrogens (tertiary/aromatic N) is 4. The van der Waals surface area contributed by atoms with Crippen LogP contribution in [0.4, 0.5) is 0 Å². The van der Waals surface area contributed by atoms with Gasteiger partial charge in [-0.05, 0) is 61.9 Å². The Labute approximate surface area is 206 Å². The van der Waals surface area contributed by atoms with E-state index in [0.29, 0.717) is 24.2 Å². The molecule has 186 valence electrons. The van der Waals surface area contributed by atoms with Crippen LogP contribution in [-0.4, -0.2) is 75.6 Å². The minimum Gasteiger partial charge on any atom is -0.472 e. The number of carbonyl (C=O) groups is 2. The Morgan fingerprint density at radius 3 is 2.86 bits per heavy atom. The maximum absolute atomic E-state index is 13.6. The van der Waals surface area contributed by atoms with Crippen molar-refractivity contribution in [3.8, 4) is 5.88 Å². The SMILES string of the molecule is C[C@@H]1CN([C@@H](C)CO)C(=O)c2cc(C3=CCCCC3)cnc2O[C@H]1CN(C)C(=O)c1cccnc1. The second kappa shape index (κ2) is 11.0. The molecular weight excluding hydrogens is 444 g/mol. The Bertz CT molecular complexity index is 1090. The van der Waals surface area contributed by atoms with Gasteiger partial charge in [0.1, 0.15) is 11.7 Å². The number of likely N-dealkylation sites (N-methyl/N-ethyl adjacent to an activating group) is 1. The number of carbonyl (C=O) groups excluding carboxylic acids is 2. The van der Waals surface area contributed by atoms with Crippen LogP contribution in [0.5, 0.6) is 5.88 Å². The first-order valence-electron chi connectivity index (χ1n) is 12.3. The van der Waals surface area contributed by atoms with Gasteiger partial charge in [0.25, 0.3) is 11.8 Å². The number of aliphatic hydroxyl groups is 1. The summed E-state index contributed by atoms with van der Waals surface area (Å²) in [5.41, 5.74) is 3.04. The van der Waals surface area contributed by atoms with Crippen LogP contribution in [0.25, 0.3) is 5.57 Å². The maximum atomic E-state index is 13.6. The van der Waals surface area contributed by atoms with E-state index >= 15 is 0 Å². The number of hydrogen-bond acceptors (Lipinski definition) is 6. The van der Waals surface area contributed by atoms with Crippen LogP contribution in [-0.2, 0) is 0 Å². The Morgan fingerprint density at radius 1 is 1.34 bits per heavy atom. The lowest BCUT2D eigenvalue weighted by Crippen LogP contribution is -2.50. The van der Waals surface area contributed by atoms with Gasteiger partial charge < -0.3 is 19.6 Å². The van der Waals surface area contributed by atoms with Crippen molar-refractivity contribution in [2.75, 3.05) is 26.7 Å². The van der Waals surface area contributed by atoms with Crippen molar-refractivity contribution < 1.29 is 19.4 Å². The lowest BCUT2D eigenvalue weighted by Gasteiger charge is -2.37. The fraction of sp³-hybridized carbons (Fsp3) is 0.481. The number of ether oxygens (including phenoxy) is 1. The van der Waals surface area contributed by atoms with Crippen LogP contribution >= 0.6 is 0 Å². The van der Waals surface area contributed by atoms with E-state index in [1.165, 1.54) is 12.0 Å². The first-order chi connectivity index (χ1) is 16.9. The predicted molar refractivity (Wildman–Crippen MR) is 133 cm³/mol. The largest absolute Gasteiger partial charge is 0.472 e. The molecule has 2 amide bonds. The molecule has 0 unspecified atom stereocenters. The highest BCUT2D eigenvalue weighted by Gasteiger charge is 2.35. The zero-order valence-corrected chi connectivity index (χ0v) is 20.7. The van der Waals surface area contributed by atoms with Gasteiger partial charge in [0.05, 0.1) is 24.8 Å². The number of aliphatic hydroxyl groups excluding tert-OH is 1. The van der Waals surface area contributed by atoms with Crippen LogP contribution in [0.2, 0.25) is 0 Å². The molecule has 8 heteroatoms. The standard InChI is InChI=1S/C27H34N4O4/c1-18-15-31(19(2)17-32)27(34)23-12-22(20-8-5-4-6-9-20)14-29-25(23)35-24(18)16-30(3)26(33)21-10-7-11-28-13-21/h7-8,10-14,18-19,24,32H,4-6,9,15-17H2,1-3H3/t18-,19+,24+/m1/s1. The van der Waals surface area contributed by atoms with Gasteiger partial charge in [-0.25, -0.2) is 4.98 Å². The van der Waals surface area contributed by atoms with Crippen LogP contribution in [0, 0.1) is 5.92 Å². The van der Waals surface area contributed by atoms with Crippen LogP contribution in [0.3, 0.4) is 0 Å². The molecule has 0 saturated carbocycles. The Balaban J connectivity index is 1.66. The van der Waals surface area contributed by atoms with Crippen LogP contribution in [0.1, 0.15) is 65.8 Å². The molecule has 1 aliphatic heterocycles. The molecular formula is C27H34N4O4. The minimum atomic E-state index is -0.395. The predicted octanol–water partition coefficient (Wildman–Crippen LogP) is 3.43. The number of hydrogen-bond donors (Lipinski definition) is 1. The molecule has 8 nitrogen and oxygen atoms in total. The zero-order valence-electron chi connectivity index (χ0n) is 20.7. The van der Waals surface area contributed by atoms with Crippen molar-refractivity contribution in [2.45, 2.75) is 51.7 Å². The summed E-state index contributed by atoms with van der Waals surface area (Å²) in [6.45, 7) is 4.40. The van der Waals surface area contributed by atoms with Crippen molar-refractivity contribution >= 4 is 17.4 Å². The summed E-state index contributed by atoms with van der Waals surface area (Å²) >= 11 is 0. The maximum Gasteiger partial charge on any atom is 0.259 e. The smallest absolute Gasteiger partial charge is 0.259 e. The summed E-state index contributed by atoms with van der Waals surface area (Å²) in [5.74, 6) is -0.186. The molecule has 2 aromatic rings. The molecule has 1 aliphatic carbocycles. The topological polar surface area (TPSA) is 95.9 Å². The number of amides is 2. The van der Waals surface area contributed by atoms with Crippen molar-refractivity contribution in [3.05, 3.63) is 59.6 Å². The summed E-state index contributed by atoms with van der Waals surface area (Å²) in [6.07, 6.45) is 11.1. The molecule has 3 heterocycles. The molecule has 2 aliphatic rings. The number of pyridine rings is 2. The fourth-order valence-electron chi connectivity index (χ4n) is 4.66. The van der Waals surface area contributed by atoms with Crippen LogP contribution < -0.4 is 4.74 Å². The molecule has 35 heavy (non-hydrogen) atoms. The average Bonchev–Trinajstić information content (AvgIpc) is 2.90. The average molecular weight is 479 g/mol. The summed E-state index contributed by atoms with van der Waals surface area (Å²) < 4.78 is 6.33. The summed E-state index contributed by atoms with van der Waals surface area (Å²) in [6, 6.07) is 4.98. The Morgan fingerprint density at radius 2 is 2.17 bits per heavy atom. The van der Waals surface area contributed by atoms with E-state index in [1.807, 2.05) is 19.9 Å². The van der Waals surface area contributed by atoms with Gasteiger partial charge in [0.15, 0.2) is 0 Å². The highest BCUT2D eigenvalue weighted by atomic mass is 16.5. The second-order valence-corrected chi connectivity index (χ2v) is 9.60. The zero-order chi connectivity index (χ0) is 24.9. The molecule has 0 radical (unpaired) electrons. The van der Waals surface area contributed by atoms with E-state index in [-0.39, 0.29) is 36.3 Å². The summed E-state index contributed by atoms with van der Waals surface area (Å²) in [7, 11) is 1.73. The highest BCUT2D eigenvalue weighted by Crippen LogP contribution is 2.32.